The van der Waals surface area contributed by atoms with E-state index < -0.39 is 10.8 Å². The summed E-state index contributed by atoms with van der Waals surface area (Å²) in [5.41, 5.74) is 2.94. The second-order valence-corrected chi connectivity index (χ2v) is 6.88. The van der Waals surface area contributed by atoms with E-state index >= 15 is 0 Å². The molecule has 1 aromatic heterocycles. The van der Waals surface area contributed by atoms with Gasteiger partial charge < -0.3 is 0 Å². The summed E-state index contributed by atoms with van der Waals surface area (Å²) in [6.45, 7) is 0. The van der Waals surface area contributed by atoms with E-state index in [0.717, 1.165) is 16.8 Å². The molecule has 0 bridgehead atoms. The van der Waals surface area contributed by atoms with Crippen LogP contribution in [0.25, 0.3) is 5.69 Å². The van der Waals surface area contributed by atoms with Crippen molar-refractivity contribution in [1.82, 2.24) is 9.78 Å². The van der Waals surface area contributed by atoms with E-state index in [1.165, 1.54) is 0 Å². The molecule has 5 heteroatoms. The monoisotopic (exact) mass is 330 g/mol. The van der Waals surface area contributed by atoms with Crippen LogP contribution in [0.3, 0.4) is 0 Å². The summed E-state index contributed by atoms with van der Waals surface area (Å²) in [7, 11) is -0.985. The van der Waals surface area contributed by atoms with Crippen LogP contribution in [0.5, 0.6) is 0 Å². The van der Waals surface area contributed by atoms with Crippen LogP contribution in [-0.2, 0) is 22.3 Å². The maximum Gasteiger partial charge on any atom is 0.0645 e. The van der Waals surface area contributed by atoms with Gasteiger partial charge in [-0.1, -0.05) is 41.9 Å². The van der Waals surface area contributed by atoms with Gasteiger partial charge in [-0.05, 0) is 29.8 Å². The topological polar surface area (TPSA) is 34.9 Å². The van der Waals surface area contributed by atoms with E-state index in [2.05, 4.69) is 5.10 Å². The molecule has 3 rings (SSSR count). The Labute approximate surface area is 137 Å². The number of hydrogen-bond acceptors (Lipinski definition) is 2. The number of benzene rings is 2. The maximum absolute atomic E-state index is 12.3. The van der Waals surface area contributed by atoms with Crippen LogP contribution in [0.1, 0.15) is 11.1 Å². The number of aromatic nitrogens is 2. The molecule has 22 heavy (non-hydrogen) atoms. The van der Waals surface area contributed by atoms with Crippen LogP contribution in [-0.4, -0.2) is 14.0 Å². The second-order valence-electron chi connectivity index (χ2n) is 4.99. The van der Waals surface area contributed by atoms with Crippen LogP contribution >= 0.6 is 11.6 Å². The molecule has 3 nitrogen and oxygen atoms in total. The van der Waals surface area contributed by atoms with Crippen molar-refractivity contribution in [3.63, 3.8) is 0 Å². The average Bonchev–Trinajstić information content (AvgIpc) is 2.96. The molecular weight excluding hydrogens is 316 g/mol. The summed E-state index contributed by atoms with van der Waals surface area (Å²) in [6.07, 6.45) is 3.69. The molecule has 0 fully saturated rings. The lowest BCUT2D eigenvalue weighted by atomic mass is 10.2. The van der Waals surface area contributed by atoms with Gasteiger partial charge in [0.25, 0.3) is 0 Å². The molecule has 1 heterocycles. The molecule has 0 spiro atoms. The van der Waals surface area contributed by atoms with E-state index in [0.29, 0.717) is 16.5 Å². The Morgan fingerprint density at radius 1 is 1.00 bits per heavy atom. The SMILES string of the molecule is O=[S@@](Cc1cccc(Cl)c1)Cc1cnn(-c2ccccc2)c1. The number of para-hydroxylation sites is 1. The van der Waals surface area contributed by atoms with Gasteiger partial charge in [-0.25, -0.2) is 4.68 Å². The van der Waals surface area contributed by atoms with E-state index in [-0.39, 0.29) is 0 Å². The third-order valence-electron chi connectivity index (χ3n) is 3.20. The standard InChI is InChI=1S/C17H15ClN2OS/c18-16-6-4-5-14(9-16)12-22(21)13-15-10-19-20(11-15)17-7-2-1-3-8-17/h1-11H,12-13H2/t22-/m0/s1. The van der Waals surface area contributed by atoms with Crippen LogP contribution in [0.4, 0.5) is 0 Å². The molecule has 0 amide bonds. The van der Waals surface area contributed by atoms with Crippen molar-refractivity contribution in [3.8, 4) is 5.69 Å². The van der Waals surface area contributed by atoms with Crippen molar-refractivity contribution < 1.29 is 4.21 Å². The van der Waals surface area contributed by atoms with E-state index in [1.54, 1.807) is 10.9 Å². The summed E-state index contributed by atoms with van der Waals surface area (Å²) in [5, 5.41) is 4.99. The fourth-order valence-electron chi connectivity index (χ4n) is 2.21. The van der Waals surface area contributed by atoms with Gasteiger partial charge in [0.1, 0.15) is 0 Å². The first-order valence-corrected chi connectivity index (χ1v) is 8.76. The van der Waals surface area contributed by atoms with Gasteiger partial charge in [-0.2, -0.15) is 5.10 Å². The first-order valence-electron chi connectivity index (χ1n) is 6.89. The minimum atomic E-state index is -0.985. The molecule has 112 valence electrons. The largest absolute Gasteiger partial charge is 0.259 e. The number of halogens is 1. The molecule has 0 N–H and O–H groups in total. The van der Waals surface area contributed by atoms with Gasteiger partial charge in [-0.3, -0.25) is 4.21 Å². The van der Waals surface area contributed by atoms with Gasteiger partial charge in [-0.15, -0.1) is 0 Å². The zero-order chi connectivity index (χ0) is 15.4. The van der Waals surface area contributed by atoms with Crippen LogP contribution < -0.4 is 0 Å². The van der Waals surface area contributed by atoms with Gasteiger partial charge >= 0.3 is 0 Å². The first-order chi connectivity index (χ1) is 10.7. The molecule has 2 aromatic carbocycles. The van der Waals surface area contributed by atoms with Gasteiger partial charge in [0.2, 0.25) is 0 Å². The predicted molar refractivity (Wildman–Crippen MR) is 90.6 cm³/mol. The lowest BCUT2D eigenvalue weighted by molar-refractivity contribution is 0.682. The van der Waals surface area contributed by atoms with E-state index in [4.69, 9.17) is 11.6 Å². The molecule has 0 aliphatic heterocycles. The second kappa shape index (κ2) is 6.90. The lowest BCUT2D eigenvalue weighted by Gasteiger charge is -2.02. The molecule has 0 unspecified atom stereocenters. The van der Waals surface area contributed by atoms with Crippen molar-refractivity contribution in [1.29, 1.82) is 0 Å². The molecule has 3 aromatic rings. The van der Waals surface area contributed by atoms with Crippen molar-refractivity contribution in [2.75, 3.05) is 0 Å². The minimum absolute atomic E-state index is 0.485. The number of rotatable bonds is 5. The summed E-state index contributed by atoms with van der Waals surface area (Å²) < 4.78 is 14.1. The molecule has 0 aliphatic carbocycles. The predicted octanol–water partition coefficient (Wildman–Crippen LogP) is 3.97. The first kappa shape index (κ1) is 15.0. The smallest absolute Gasteiger partial charge is 0.0645 e. The summed E-state index contributed by atoms with van der Waals surface area (Å²) in [4.78, 5) is 0. The fourth-order valence-corrected chi connectivity index (χ4v) is 3.59. The Balaban J connectivity index is 1.66. The highest BCUT2D eigenvalue weighted by atomic mass is 35.5. The molecular formula is C17H15ClN2OS. The Bertz CT molecular complexity index is 786. The van der Waals surface area contributed by atoms with Crippen LogP contribution in [0, 0.1) is 0 Å². The Kier molecular flexibility index (Phi) is 4.71. The Morgan fingerprint density at radius 2 is 1.77 bits per heavy atom. The van der Waals surface area contributed by atoms with E-state index in [9.17, 15) is 4.21 Å². The van der Waals surface area contributed by atoms with Crippen LogP contribution in [0.2, 0.25) is 5.02 Å². The number of hydrogen-bond donors (Lipinski definition) is 0. The van der Waals surface area contributed by atoms with Gasteiger partial charge in [0.05, 0.1) is 17.6 Å². The Hall–Kier alpha value is -1.91. The zero-order valence-corrected chi connectivity index (χ0v) is 13.4. The normalized spacial score (nSPS) is 12.2. The van der Waals surface area contributed by atoms with Gasteiger partial charge in [0.15, 0.2) is 0 Å². The van der Waals surface area contributed by atoms with Crippen LogP contribution in [0.15, 0.2) is 67.0 Å². The molecule has 0 radical (unpaired) electrons. The number of nitrogens with zero attached hydrogens (tertiary/aromatic N) is 2. The van der Waals surface area contributed by atoms with Gasteiger partial charge in [0, 0.05) is 33.3 Å². The molecule has 0 saturated heterocycles. The van der Waals surface area contributed by atoms with Crippen molar-refractivity contribution in [2.24, 2.45) is 0 Å². The van der Waals surface area contributed by atoms with E-state index in [1.807, 2.05) is 60.8 Å². The van der Waals surface area contributed by atoms with Crippen molar-refractivity contribution in [3.05, 3.63) is 83.1 Å². The lowest BCUT2D eigenvalue weighted by Crippen LogP contribution is -1.99. The van der Waals surface area contributed by atoms with Crippen molar-refractivity contribution >= 4 is 22.4 Å². The molecule has 1 atom stereocenters. The summed E-state index contributed by atoms with van der Waals surface area (Å²) in [6, 6.07) is 17.4. The highest BCUT2D eigenvalue weighted by molar-refractivity contribution is 7.83. The highest BCUT2D eigenvalue weighted by Gasteiger charge is 2.07. The molecule has 0 saturated carbocycles. The fraction of sp³-hybridized carbons (Fsp3) is 0.118. The summed E-state index contributed by atoms with van der Waals surface area (Å²) in [5.74, 6) is 0.983. The third kappa shape index (κ3) is 3.84. The quantitative estimate of drug-likeness (QED) is 0.709. The highest BCUT2D eigenvalue weighted by Crippen LogP contribution is 2.15. The maximum atomic E-state index is 12.3. The minimum Gasteiger partial charge on any atom is -0.259 e. The summed E-state index contributed by atoms with van der Waals surface area (Å²) >= 11 is 5.95. The molecule has 0 aliphatic rings. The Morgan fingerprint density at radius 3 is 2.55 bits per heavy atom. The van der Waals surface area contributed by atoms with Crippen molar-refractivity contribution in [2.45, 2.75) is 11.5 Å². The third-order valence-corrected chi connectivity index (χ3v) is 4.75. The average molecular weight is 331 g/mol. The zero-order valence-electron chi connectivity index (χ0n) is 11.9.